The Morgan fingerprint density at radius 2 is 2.11 bits per heavy atom. The smallest absolute Gasteiger partial charge is 0.265 e. The van der Waals surface area contributed by atoms with Gasteiger partial charge in [0.2, 0.25) is 0 Å². The average molecular weight is 268 g/mol. The average Bonchev–Trinajstić information content (AvgIpc) is 2.95. The number of carbonyl (C=O) groups is 1. The van der Waals surface area contributed by atoms with Crippen LogP contribution in [-0.4, -0.2) is 34.6 Å². The molecule has 0 unspecified atom stereocenters. The van der Waals surface area contributed by atoms with Crippen LogP contribution in [0.1, 0.15) is 49.0 Å². The summed E-state index contributed by atoms with van der Waals surface area (Å²) < 4.78 is 3.89. The number of carbonyl (C=O) groups excluding carboxylic acids is 1. The van der Waals surface area contributed by atoms with E-state index in [1.54, 1.807) is 0 Å². The second-order valence-electron chi connectivity index (χ2n) is 5.68. The van der Waals surface area contributed by atoms with Crippen molar-refractivity contribution in [1.29, 1.82) is 0 Å². The Bertz CT molecular complexity index is 420. The standard InChI is InChI=1S/C12H20N4OS/c1-12(2,3)10-9(18-16-15-10)11(17)14-7-6-13-8-4-5-8/h8,13H,4-7H2,1-3H3,(H,14,17). The number of nitrogens with one attached hydrogen (secondary N) is 2. The minimum absolute atomic E-state index is 0.0625. The van der Waals surface area contributed by atoms with Crippen molar-refractivity contribution in [3.63, 3.8) is 0 Å². The lowest BCUT2D eigenvalue weighted by Crippen LogP contribution is -2.33. The molecule has 1 aliphatic carbocycles. The van der Waals surface area contributed by atoms with E-state index in [0.717, 1.165) is 12.2 Å². The van der Waals surface area contributed by atoms with Crippen LogP contribution in [0.5, 0.6) is 0 Å². The summed E-state index contributed by atoms with van der Waals surface area (Å²) in [7, 11) is 0. The summed E-state index contributed by atoms with van der Waals surface area (Å²) in [4.78, 5) is 12.7. The third-order valence-corrected chi connectivity index (χ3v) is 3.55. The molecule has 0 saturated heterocycles. The highest BCUT2D eigenvalue weighted by molar-refractivity contribution is 7.08. The van der Waals surface area contributed by atoms with E-state index in [9.17, 15) is 4.79 Å². The first kappa shape index (κ1) is 13.4. The molecule has 1 aliphatic rings. The fourth-order valence-corrected chi connectivity index (χ4v) is 2.44. The van der Waals surface area contributed by atoms with E-state index in [0.29, 0.717) is 17.5 Å². The van der Waals surface area contributed by atoms with E-state index < -0.39 is 0 Å². The number of nitrogens with zero attached hydrogens (tertiary/aromatic N) is 2. The van der Waals surface area contributed by atoms with Crippen molar-refractivity contribution in [3.8, 4) is 0 Å². The summed E-state index contributed by atoms with van der Waals surface area (Å²) in [5, 5.41) is 10.3. The van der Waals surface area contributed by atoms with Crippen LogP contribution >= 0.6 is 11.5 Å². The normalized spacial score (nSPS) is 15.7. The van der Waals surface area contributed by atoms with Gasteiger partial charge in [0.1, 0.15) is 4.88 Å². The number of hydrogen-bond acceptors (Lipinski definition) is 5. The third-order valence-electron chi connectivity index (χ3n) is 2.83. The van der Waals surface area contributed by atoms with Crippen LogP contribution in [0.4, 0.5) is 0 Å². The first-order valence-electron chi connectivity index (χ1n) is 6.33. The summed E-state index contributed by atoms with van der Waals surface area (Å²) in [5.41, 5.74) is 0.631. The lowest BCUT2D eigenvalue weighted by Gasteiger charge is -2.16. The van der Waals surface area contributed by atoms with Gasteiger partial charge in [-0.05, 0) is 24.4 Å². The highest BCUT2D eigenvalue weighted by Crippen LogP contribution is 2.25. The van der Waals surface area contributed by atoms with Crippen LogP contribution in [0.2, 0.25) is 0 Å². The molecule has 5 nitrogen and oxygen atoms in total. The van der Waals surface area contributed by atoms with Crippen molar-refractivity contribution < 1.29 is 4.79 Å². The van der Waals surface area contributed by atoms with Gasteiger partial charge in [-0.3, -0.25) is 4.79 Å². The van der Waals surface area contributed by atoms with E-state index in [-0.39, 0.29) is 11.3 Å². The Hall–Kier alpha value is -1.01. The molecule has 100 valence electrons. The van der Waals surface area contributed by atoms with Crippen LogP contribution < -0.4 is 10.6 Å². The van der Waals surface area contributed by atoms with Crippen LogP contribution in [0.15, 0.2) is 0 Å². The Morgan fingerprint density at radius 3 is 2.72 bits per heavy atom. The van der Waals surface area contributed by atoms with Gasteiger partial charge >= 0.3 is 0 Å². The summed E-state index contributed by atoms with van der Waals surface area (Å²) in [6.07, 6.45) is 2.53. The minimum Gasteiger partial charge on any atom is -0.350 e. The van der Waals surface area contributed by atoms with Crippen molar-refractivity contribution in [2.45, 2.75) is 45.1 Å². The molecule has 0 bridgehead atoms. The Labute approximate surface area is 112 Å². The van der Waals surface area contributed by atoms with Gasteiger partial charge in [-0.15, -0.1) is 5.10 Å². The summed E-state index contributed by atoms with van der Waals surface area (Å²) in [5.74, 6) is -0.0625. The zero-order valence-electron chi connectivity index (χ0n) is 11.1. The zero-order chi connectivity index (χ0) is 13.2. The van der Waals surface area contributed by atoms with E-state index in [2.05, 4.69) is 20.2 Å². The molecule has 0 atom stereocenters. The monoisotopic (exact) mass is 268 g/mol. The molecule has 0 aliphatic heterocycles. The fraction of sp³-hybridized carbons (Fsp3) is 0.750. The quantitative estimate of drug-likeness (QED) is 0.790. The SMILES string of the molecule is CC(C)(C)c1nnsc1C(=O)NCCNC1CC1. The van der Waals surface area contributed by atoms with Crippen LogP contribution in [-0.2, 0) is 5.41 Å². The molecule has 2 N–H and O–H groups in total. The van der Waals surface area contributed by atoms with Crippen molar-refractivity contribution in [1.82, 2.24) is 20.2 Å². The van der Waals surface area contributed by atoms with Crippen molar-refractivity contribution in [2.75, 3.05) is 13.1 Å². The predicted octanol–water partition coefficient (Wildman–Crippen LogP) is 1.32. The Kier molecular flexibility index (Phi) is 3.97. The number of hydrogen-bond donors (Lipinski definition) is 2. The molecule has 2 rings (SSSR count). The second-order valence-corrected chi connectivity index (χ2v) is 6.44. The predicted molar refractivity (Wildman–Crippen MR) is 72.0 cm³/mol. The van der Waals surface area contributed by atoms with Crippen molar-refractivity contribution >= 4 is 17.4 Å². The van der Waals surface area contributed by atoms with E-state index in [4.69, 9.17) is 0 Å². The van der Waals surface area contributed by atoms with Gasteiger partial charge in [0.15, 0.2) is 0 Å². The Balaban J connectivity index is 1.85. The molecule has 1 aromatic heterocycles. The van der Waals surface area contributed by atoms with Gasteiger partial charge in [-0.2, -0.15) is 0 Å². The van der Waals surface area contributed by atoms with Gasteiger partial charge in [0.25, 0.3) is 5.91 Å². The van der Waals surface area contributed by atoms with Gasteiger partial charge < -0.3 is 10.6 Å². The van der Waals surface area contributed by atoms with Crippen molar-refractivity contribution in [2.24, 2.45) is 0 Å². The largest absolute Gasteiger partial charge is 0.350 e. The molecule has 6 heteroatoms. The lowest BCUT2D eigenvalue weighted by molar-refractivity contribution is 0.0955. The zero-order valence-corrected chi connectivity index (χ0v) is 11.9. The fourth-order valence-electron chi connectivity index (χ4n) is 1.65. The first-order valence-corrected chi connectivity index (χ1v) is 7.10. The Morgan fingerprint density at radius 1 is 1.39 bits per heavy atom. The number of aromatic nitrogens is 2. The molecular weight excluding hydrogens is 248 g/mol. The number of rotatable bonds is 5. The molecule has 1 aromatic rings. The summed E-state index contributed by atoms with van der Waals surface area (Å²) in [6, 6.07) is 0.678. The highest BCUT2D eigenvalue weighted by Gasteiger charge is 2.26. The lowest BCUT2D eigenvalue weighted by atomic mass is 9.91. The molecule has 0 spiro atoms. The third kappa shape index (κ3) is 3.49. The molecular formula is C12H20N4OS. The first-order chi connectivity index (χ1) is 8.48. The maximum Gasteiger partial charge on any atom is 0.265 e. The van der Waals surface area contributed by atoms with Crippen molar-refractivity contribution in [3.05, 3.63) is 10.6 Å². The molecule has 1 amide bonds. The van der Waals surface area contributed by atoms with Gasteiger partial charge in [-0.25, -0.2) is 0 Å². The van der Waals surface area contributed by atoms with Gasteiger partial charge in [-0.1, -0.05) is 25.3 Å². The van der Waals surface area contributed by atoms with Gasteiger partial charge in [0.05, 0.1) is 5.69 Å². The molecule has 0 aromatic carbocycles. The van der Waals surface area contributed by atoms with E-state index in [1.165, 1.54) is 24.4 Å². The van der Waals surface area contributed by atoms with Gasteiger partial charge in [0, 0.05) is 24.5 Å². The molecule has 18 heavy (non-hydrogen) atoms. The van der Waals surface area contributed by atoms with Crippen LogP contribution in [0.25, 0.3) is 0 Å². The maximum atomic E-state index is 12.0. The minimum atomic E-state index is -0.147. The highest BCUT2D eigenvalue weighted by atomic mass is 32.1. The van der Waals surface area contributed by atoms with Crippen LogP contribution in [0, 0.1) is 0 Å². The maximum absolute atomic E-state index is 12.0. The molecule has 1 heterocycles. The molecule has 1 saturated carbocycles. The number of amides is 1. The second kappa shape index (κ2) is 5.32. The topological polar surface area (TPSA) is 66.9 Å². The van der Waals surface area contributed by atoms with Crippen LogP contribution in [0.3, 0.4) is 0 Å². The summed E-state index contributed by atoms with van der Waals surface area (Å²) >= 11 is 1.17. The molecule has 0 radical (unpaired) electrons. The summed E-state index contributed by atoms with van der Waals surface area (Å²) in [6.45, 7) is 7.59. The van der Waals surface area contributed by atoms with E-state index in [1.807, 2.05) is 20.8 Å². The molecule has 1 fully saturated rings. The van der Waals surface area contributed by atoms with E-state index >= 15 is 0 Å².